The highest BCUT2D eigenvalue weighted by Crippen LogP contribution is 2.22. The van der Waals surface area contributed by atoms with E-state index in [9.17, 15) is 20.1 Å². The maximum atomic E-state index is 10.4. The van der Waals surface area contributed by atoms with Gasteiger partial charge in [-0.25, -0.2) is 0 Å². The number of allylic oxidation sites excluding steroid dienone is 2. The highest BCUT2D eigenvalue weighted by Gasteiger charge is 2.43. The number of aliphatic hydroxyl groups is 4. The predicted octanol–water partition coefficient (Wildman–Crippen LogP) is 2.91. The van der Waals surface area contributed by atoms with Crippen molar-refractivity contribution in [2.75, 3.05) is 13.2 Å². The quantitative estimate of drug-likeness (QED) is 0.147. The molecule has 1 rings (SSSR count). The van der Waals surface area contributed by atoms with E-state index in [1.807, 2.05) is 0 Å². The van der Waals surface area contributed by atoms with Gasteiger partial charge in [0, 0.05) is 13.0 Å². The Morgan fingerprint density at radius 2 is 1.28 bits per heavy atom. The summed E-state index contributed by atoms with van der Waals surface area (Å²) in [5.41, 5.74) is 0. The van der Waals surface area contributed by atoms with Gasteiger partial charge in [0.05, 0.1) is 6.61 Å². The summed E-state index contributed by atoms with van der Waals surface area (Å²) in [5, 5.41) is 47.1. The molecule has 0 aromatic heterocycles. The second-order valence-electron chi connectivity index (χ2n) is 8.65. The summed E-state index contributed by atoms with van der Waals surface area (Å²) in [5.74, 6) is -0.700. The molecule has 0 aromatic carbocycles. The number of carboxylic acid groups (broad SMARTS) is 1. The molecule has 0 amide bonds. The van der Waals surface area contributed by atoms with Gasteiger partial charge in [0.1, 0.15) is 24.4 Å². The molecule has 5 N–H and O–H groups in total. The number of unbranched alkanes of at least 4 members (excludes halogenated alkanes) is 11. The molecule has 1 aliphatic heterocycles. The van der Waals surface area contributed by atoms with Crippen molar-refractivity contribution in [2.45, 2.75) is 121 Å². The topological polar surface area (TPSA) is 137 Å². The number of hydrogen-bond donors (Lipinski definition) is 5. The SMILES string of the molecule is O=C(O)CCCCCCC/C=C\CCCCCCCCO[C@@H]1O[C@H](CO)[C@@H](O)[C@H](O)[C@H]1O. The fourth-order valence-corrected chi connectivity index (χ4v) is 3.78. The number of ether oxygens (including phenoxy) is 2. The zero-order chi connectivity index (χ0) is 23.6. The van der Waals surface area contributed by atoms with E-state index in [0.29, 0.717) is 6.61 Å². The Labute approximate surface area is 192 Å². The van der Waals surface area contributed by atoms with Crippen LogP contribution in [0.5, 0.6) is 0 Å². The van der Waals surface area contributed by atoms with Crippen LogP contribution in [0.3, 0.4) is 0 Å². The molecule has 0 unspecified atom stereocenters. The molecule has 188 valence electrons. The molecule has 0 radical (unpaired) electrons. The van der Waals surface area contributed by atoms with Crippen LogP contribution < -0.4 is 0 Å². The van der Waals surface area contributed by atoms with Crippen LogP contribution in [0.4, 0.5) is 0 Å². The summed E-state index contributed by atoms with van der Waals surface area (Å²) in [6.07, 6.45) is 12.8. The van der Waals surface area contributed by atoms with Crippen molar-refractivity contribution in [3.63, 3.8) is 0 Å². The first kappa shape index (κ1) is 29.0. The highest BCUT2D eigenvalue weighted by atomic mass is 16.7. The number of aliphatic carboxylic acids is 1. The van der Waals surface area contributed by atoms with E-state index < -0.39 is 43.3 Å². The van der Waals surface area contributed by atoms with E-state index in [1.54, 1.807) is 0 Å². The Bertz CT molecular complexity index is 496. The van der Waals surface area contributed by atoms with Gasteiger partial charge in [-0.2, -0.15) is 0 Å². The third-order valence-corrected chi connectivity index (χ3v) is 5.82. The van der Waals surface area contributed by atoms with Crippen LogP contribution in [0, 0.1) is 0 Å². The number of aliphatic hydroxyl groups excluding tert-OH is 4. The van der Waals surface area contributed by atoms with Crippen LogP contribution >= 0.6 is 0 Å². The predicted molar refractivity (Wildman–Crippen MR) is 121 cm³/mol. The van der Waals surface area contributed by atoms with Gasteiger partial charge in [0.25, 0.3) is 0 Å². The monoisotopic (exact) mass is 460 g/mol. The summed E-state index contributed by atoms with van der Waals surface area (Å²) in [6, 6.07) is 0. The third kappa shape index (κ3) is 12.9. The van der Waals surface area contributed by atoms with Crippen molar-refractivity contribution in [2.24, 2.45) is 0 Å². The Morgan fingerprint density at radius 1 is 0.750 bits per heavy atom. The number of carboxylic acids is 1. The van der Waals surface area contributed by atoms with E-state index in [4.69, 9.17) is 19.7 Å². The molecule has 1 fully saturated rings. The molecule has 1 heterocycles. The normalized spacial score (nSPS) is 26.1. The second kappa shape index (κ2) is 18.4. The summed E-state index contributed by atoms with van der Waals surface area (Å²) in [7, 11) is 0. The van der Waals surface area contributed by atoms with E-state index in [1.165, 1.54) is 32.1 Å². The smallest absolute Gasteiger partial charge is 0.303 e. The van der Waals surface area contributed by atoms with Crippen molar-refractivity contribution in [1.82, 2.24) is 0 Å². The Morgan fingerprint density at radius 3 is 1.84 bits per heavy atom. The van der Waals surface area contributed by atoms with Crippen LogP contribution in [0.15, 0.2) is 12.2 Å². The molecule has 0 spiro atoms. The summed E-state index contributed by atoms with van der Waals surface area (Å²) in [4.78, 5) is 10.4. The molecule has 0 bridgehead atoms. The van der Waals surface area contributed by atoms with Gasteiger partial charge in [-0.1, -0.05) is 57.1 Å². The van der Waals surface area contributed by atoms with Crippen LogP contribution in [-0.2, 0) is 14.3 Å². The second-order valence-corrected chi connectivity index (χ2v) is 8.65. The maximum absolute atomic E-state index is 10.4. The molecule has 5 atom stereocenters. The standard InChI is InChI=1S/C24H44O8/c25-18-19-21(28)22(29)23(30)24(32-19)31-17-15-13-11-9-7-5-3-1-2-4-6-8-10-12-14-16-20(26)27/h1-2,19,21-25,28-30H,3-18H2,(H,26,27)/b2-1-/t19-,21-,22+,23-,24-/m1/s1. The van der Waals surface area contributed by atoms with Gasteiger partial charge >= 0.3 is 5.97 Å². The molecule has 1 saturated heterocycles. The average Bonchev–Trinajstić information content (AvgIpc) is 2.77. The molecule has 1 aliphatic rings. The van der Waals surface area contributed by atoms with Crippen molar-refractivity contribution >= 4 is 5.97 Å². The average molecular weight is 461 g/mol. The van der Waals surface area contributed by atoms with Crippen LogP contribution in [0.1, 0.15) is 89.9 Å². The lowest BCUT2D eigenvalue weighted by Crippen LogP contribution is -2.59. The number of carbonyl (C=O) groups is 1. The summed E-state index contributed by atoms with van der Waals surface area (Å²) in [6.45, 7) is -0.0544. The summed E-state index contributed by atoms with van der Waals surface area (Å²) < 4.78 is 10.8. The van der Waals surface area contributed by atoms with Gasteiger partial charge in [0.2, 0.25) is 0 Å². The van der Waals surface area contributed by atoms with Crippen LogP contribution in [-0.4, -0.2) is 75.4 Å². The Kier molecular flexibility index (Phi) is 16.7. The van der Waals surface area contributed by atoms with E-state index >= 15 is 0 Å². The first-order valence-electron chi connectivity index (χ1n) is 12.3. The third-order valence-electron chi connectivity index (χ3n) is 5.82. The Balaban J connectivity index is 1.88. The van der Waals surface area contributed by atoms with Gasteiger partial charge in [-0.15, -0.1) is 0 Å². The zero-order valence-electron chi connectivity index (χ0n) is 19.3. The van der Waals surface area contributed by atoms with Gasteiger partial charge in [-0.3, -0.25) is 4.79 Å². The lowest BCUT2D eigenvalue weighted by Gasteiger charge is -2.39. The number of rotatable bonds is 19. The number of hydrogen-bond acceptors (Lipinski definition) is 7. The van der Waals surface area contributed by atoms with Crippen LogP contribution in [0.25, 0.3) is 0 Å². The van der Waals surface area contributed by atoms with Crippen LogP contribution in [0.2, 0.25) is 0 Å². The fourth-order valence-electron chi connectivity index (χ4n) is 3.78. The molecule has 8 nitrogen and oxygen atoms in total. The minimum atomic E-state index is -1.39. The minimum Gasteiger partial charge on any atom is -0.481 e. The van der Waals surface area contributed by atoms with Gasteiger partial charge < -0.3 is 35.0 Å². The molecule has 8 heteroatoms. The van der Waals surface area contributed by atoms with E-state index in [2.05, 4.69) is 12.2 Å². The summed E-state index contributed by atoms with van der Waals surface area (Å²) >= 11 is 0. The van der Waals surface area contributed by atoms with E-state index in [-0.39, 0.29) is 6.42 Å². The first-order chi connectivity index (χ1) is 15.5. The Hall–Kier alpha value is -1.03. The molecule has 0 aromatic rings. The molecule has 0 saturated carbocycles. The van der Waals surface area contributed by atoms with Gasteiger partial charge in [-0.05, 0) is 38.5 Å². The van der Waals surface area contributed by atoms with Crippen molar-refractivity contribution < 1.29 is 39.8 Å². The largest absolute Gasteiger partial charge is 0.481 e. The molecular formula is C24H44O8. The lowest BCUT2D eigenvalue weighted by molar-refractivity contribution is -0.301. The van der Waals surface area contributed by atoms with Crippen molar-refractivity contribution in [3.8, 4) is 0 Å². The van der Waals surface area contributed by atoms with Crippen molar-refractivity contribution in [1.29, 1.82) is 0 Å². The fraction of sp³-hybridized carbons (Fsp3) is 0.875. The van der Waals surface area contributed by atoms with E-state index in [0.717, 1.165) is 51.4 Å². The lowest BCUT2D eigenvalue weighted by atomic mass is 9.99. The first-order valence-corrected chi connectivity index (χ1v) is 12.3. The molecule has 0 aliphatic carbocycles. The van der Waals surface area contributed by atoms with Gasteiger partial charge in [0.15, 0.2) is 6.29 Å². The highest BCUT2D eigenvalue weighted by molar-refractivity contribution is 5.66. The molecular weight excluding hydrogens is 416 g/mol. The molecule has 32 heavy (non-hydrogen) atoms. The minimum absolute atomic E-state index is 0.288. The van der Waals surface area contributed by atoms with Crippen molar-refractivity contribution in [3.05, 3.63) is 12.2 Å². The zero-order valence-corrected chi connectivity index (χ0v) is 19.3. The maximum Gasteiger partial charge on any atom is 0.303 e.